The summed E-state index contributed by atoms with van der Waals surface area (Å²) in [4.78, 5) is 0. The van der Waals surface area contributed by atoms with Gasteiger partial charge in [-0.2, -0.15) is 0 Å². The van der Waals surface area contributed by atoms with Crippen LogP contribution in [0.25, 0.3) is 10.8 Å². The summed E-state index contributed by atoms with van der Waals surface area (Å²) in [5.41, 5.74) is 0. The average molecular weight is 214 g/mol. The van der Waals surface area contributed by atoms with E-state index in [1.807, 2.05) is 0 Å². The summed E-state index contributed by atoms with van der Waals surface area (Å²) >= 11 is 0. The van der Waals surface area contributed by atoms with Crippen LogP contribution in [0.15, 0.2) is 42.5 Å². The van der Waals surface area contributed by atoms with Crippen LogP contribution in [0, 0.1) is 5.92 Å². The molecule has 2 aromatic rings. The molecule has 0 aliphatic rings. The van der Waals surface area contributed by atoms with Gasteiger partial charge in [0.05, 0.1) is 9.52 Å². The van der Waals surface area contributed by atoms with Gasteiger partial charge in [-0.05, 0) is 16.7 Å². The van der Waals surface area contributed by atoms with Gasteiger partial charge in [0.25, 0.3) is 0 Å². The predicted octanol–water partition coefficient (Wildman–Crippen LogP) is 2.71. The molecule has 0 aliphatic heterocycles. The molecular formula is C14H18Si. The van der Waals surface area contributed by atoms with Crippen molar-refractivity contribution in [2.24, 2.45) is 5.92 Å². The molecule has 0 nitrogen and oxygen atoms in total. The number of fused-ring (bicyclic) bond motifs is 1. The first-order valence-electron chi connectivity index (χ1n) is 5.74. The summed E-state index contributed by atoms with van der Waals surface area (Å²) in [6.45, 7) is 4.64. The Morgan fingerprint density at radius 2 is 1.73 bits per heavy atom. The van der Waals surface area contributed by atoms with E-state index in [9.17, 15) is 0 Å². The second-order valence-electron chi connectivity index (χ2n) is 4.57. The van der Waals surface area contributed by atoms with Crippen molar-refractivity contribution in [1.29, 1.82) is 0 Å². The molecule has 1 heteroatoms. The van der Waals surface area contributed by atoms with Crippen LogP contribution < -0.4 is 5.19 Å². The molecule has 0 saturated heterocycles. The molecule has 0 aliphatic carbocycles. The molecule has 0 atom stereocenters. The fraction of sp³-hybridized carbons (Fsp3) is 0.286. The summed E-state index contributed by atoms with van der Waals surface area (Å²) in [7, 11) is -0.0808. The highest BCUT2D eigenvalue weighted by atomic mass is 28.2. The first-order valence-corrected chi connectivity index (χ1v) is 7.44. The van der Waals surface area contributed by atoms with E-state index in [1.165, 1.54) is 16.8 Å². The number of rotatable bonds is 3. The molecule has 0 amide bonds. The highest BCUT2D eigenvalue weighted by Gasteiger charge is 2.01. The summed E-state index contributed by atoms with van der Waals surface area (Å²) in [6, 6.07) is 16.9. The topological polar surface area (TPSA) is 0 Å². The Kier molecular flexibility index (Phi) is 3.22. The van der Waals surface area contributed by atoms with Crippen LogP contribution in [0.5, 0.6) is 0 Å². The highest BCUT2D eigenvalue weighted by Crippen LogP contribution is 2.11. The third-order valence-electron chi connectivity index (χ3n) is 2.87. The minimum Gasteiger partial charge on any atom is -0.0631 e. The van der Waals surface area contributed by atoms with Crippen molar-refractivity contribution in [3.05, 3.63) is 42.5 Å². The van der Waals surface area contributed by atoms with Gasteiger partial charge in [0.2, 0.25) is 0 Å². The summed E-state index contributed by atoms with van der Waals surface area (Å²) in [6.07, 6.45) is 0. The molecule has 0 heterocycles. The minimum absolute atomic E-state index is 0.0808. The summed E-state index contributed by atoms with van der Waals surface area (Å²) < 4.78 is 0. The van der Waals surface area contributed by atoms with Crippen LogP contribution in [0.3, 0.4) is 0 Å². The van der Waals surface area contributed by atoms with E-state index in [2.05, 4.69) is 56.3 Å². The number of benzene rings is 2. The fourth-order valence-electron chi connectivity index (χ4n) is 1.95. The van der Waals surface area contributed by atoms with Crippen LogP contribution in [0.1, 0.15) is 13.8 Å². The fourth-order valence-corrected chi connectivity index (χ4v) is 3.74. The Morgan fingerprint density at radius 3 is 2.53 bits per heavy atom. The third-order valence-corrected chi connectivity index (χ3v) is 5.47. The van der Waals surface area contributed by atoms with Gasteiger partial charge >= 0.3 is 0 Å². The molecule has 0 aromatic heterocycles. The molecule has 2 rings (SSSR count). The second kappa shape index (κ2) is 4.62. The van der Waals surface area contributed by atoms with Gasteiger partial charge < -0.3 is 0 Å². The Labute approximate surface area is 94.1 Å². The van der Waals surface area contributed by atoms with E-state index >= 15 is 0 Å². The van der Waals surface area contributed by atoms with Crippen molar-refractivity contribution in [1.82, 2.24) is 0 Å². The Hall–Kier alpha value is -1.08. The Balaban J connectivity index is 2.34. The van der Waals surface area contributed by atoms with Crippen LogP contribution in [-0.2, 0) is 0 Å². The van der Waals surface area contributed by atoms with Crippen molar-refractivity contribution in [2.75, 3.05) is 0 Å². The Bertz CT molecular complexity index is 441. The number of hydrogen-bond acceptors (Lipinski definition) is 0. The highest BCUT2D eigenvalue weighted by molar-refractivity contribution is 6.57. The van der Waals surface area contributed by atoms with E-state index in [1.54, 1.807) is 5.19 Å². The van der Waals surface area contributed by atoms with Crippen LogP contribution in [0.4, 0.5) is 0 Å². The van der Waals surface area contributed by atoms with Crippen LogP contribution in [0.2, 0.25) is 6.04 Å². The molecule has 0 unspecified atom stereocenters. The lowest BCUT2D eigenvalue weighted by Gasteiger charge is -2.07. The smallest absolute Gasteiger partial charge is 0.0558 e. The van der Waals surface area contributed by atoms with Crippen molar-refractivity contribution >= 4 is 25.5 Å². The van der Waals surface area contributed by atoms with Crippen molar-refractivity contribution in [3.63, 3.8) is 0 Å². The van der Waals surface area contributed by atoms with E-state index in [0.717, 1.165) is 5.92 Å². The van der Waals surface area contributed by atoms with Gasteiger partial charge in [-0.1, -0.05) is 67.5 Å². The molecule has 0 radical (unpaired) electrons. The maximum Gasteiger partial charge on any atom is 0.0558 e. The van der Waals surface area contributed by atoms with Gasteiger partial charge in [-0.25, -0.2) is 0 Å². The SMILES string of the molecule is CC(C)C[SiH2]c1cccc2ccccc12. The van der Waals surface area contributed by atoms with Crippen molar-refractivity contribution in [3.8, 4) is 0 Å². The minimum atomic E-state index is -0.0808. The quantitative estimate of drug-likeness (QED) is 0.689. The molecular weight excluding hydrogens is 196 g/mol. The summed E-state index contributed by atoms with van der Waals surface area (Å²) in [5, 5.41) is 4.50. The standard InChI is InChI=1S/C14H18Si/c1-11(2)10-15-14-9-5-7-12-6-3-4-8-13(12)14/h3-9,11H,10,15H2,1-2H3. The maximum atomic E-state index is 2.32. The van der Waals surface area contributed by atoms with Gasteiger partial charge in [0, 0.05) is 0 Å². The van der Waals surface area contributed by atoms with Gasteiger partial charge in [-0.15, -0.1) is 0 Å². The maximum absolute atomic E-state index is 2.32. The van der Waals surface area contributed by atoms with E-state index in [-0.39, 0.29) is 9.52 Å². The molecule has 0 bridgehead atoms. The van der Waals surface area contributed by atoms with Gasteiger partial charge in [0.1, 0.15) is 0 Å². The second-order valence-corrected chi connectivity index (χ2v) is 6.41. The van der Waals surface area contributed by atoms with Crippen molar-refractivity contribution < 1.29 is 0 Å². The molecule has 78 valence electrons. The zero-order chi connectivity index (χ0) is 10.7. The normalized spacial score (nSPS) is 11.9. The van der Waals surface area contributed by atoms with E-state index in [0.29, 0.717) is 0 Å². The molecule has 0 fully saturated rings. The lowest BCUT2D eigenvalue weighted by atomic mass is 10.1. The van der Waals surface area contributed by atoms with Crippen molar-refractivity contribution in [2.45, 2.75) is 19.9 Å². The monoisotopic (exact) mass is 214 g/mol. The largest absolute Gasteiger partial charge is 0.0631 e. The van der Waals surface area contributed by atoms with E-state index < -0.39 is 0 Å². The first-order chi connectivity index (χ1) is 7.27. The van der Waals surface area contributed by atoms with E-state index in [4.69, 9.17) is 0 Å². The molecule has 0 spiro atoms. The number of hydrogen-bond donors (Lipinski definition) is 0. The van der Waals surface area contributed by atoms with Crippen LogP contribution >= 0.6 is 0 Å². The average Bonchev–Trinajstić information content (AvgIpc) is 2.26. The zero-order valence-electron chi connectivity index (χ0n) is 9.53. The Morgan fingerprint density at radius 1 is 1.00 bits per heavy atom. The lowest BCUT2D eigenvalue weighted by Crippen LogP contribution is -2.16. The molecule has 0 N–H and O–H groups in total. The molecule has 2 aromatic carbocycles. The molecule has 0 saturated carbocycles. The lowest BCUT2D eigenvalue weighted by molar-refractivity contribution is 0.733. The van der Waals surface area contributed by atoms with Crippen LogP contribution in [-0.4, -0.2) is 9.52 Å². The third kappa shape index (κ3) is 2.48. The zero-order valence-corrected chi connectivity index (χ0v) is 10.9. The van der Waals surface area contributed by atoms with Gasteiger partial charge in [0.15, 0.2) is 0 Å². The predicted molar refractivity (Wildman–Crippen MR) is 71.8 cm³/mol. The first kappa shape index (κ1) is 10.4. The van der Waals surface area contributed by atoms with Gasteiger partial charge in [-0.3, -0.25) is 0 Å². The molecule has 15 heavy (non-hydrogen) atoms. The summed E-state index contributed by atoms with van der Waals surface area (Å²) in [5.74, 6) is 0.843.